The van der Waals surface area contributed by atoms with Crippen molar-refractivity contribution in [1.29, 1.82) is 0 Å². The second kappa shape index (κ2) is 9.97. The number of hydrogen-bond donors (Lipinski definition) is 2. The molecule has 2 amide bonds. The molecule has 0 radical (unpaired) electrons. The summed E-state index contributed by atoms with van der Waals surface area (Å²) in [5, 5.41) is 4.88. The Morgan fingerprint density at radius 1 is 0.710 bits per heavy atom. The molecule has 0 unspecified atom stereocenters. The van der Waals surface area contributed by atoms with Crippen LogP contribution in [0.5, 0.6) is 11.5 Å². The van der Waals surface area contributed by atoms with E-state index in [-0.39, 0.29) is 5.96 Å². The first-order valence-electron chi connectivity index (χ1n) is 9.81. The molecule has 0 aromatic heterocycles. The van der Waals surface area contributed by atoms with Gasteiger partial charge in [0.1, 0.15) is 22.7 Å². The third kappa shape index (κ3) is 9.66. The van der Waals surface area contributed by atoms with Gasteiger partial charge in [-0.1, -0.05) is 18.2 Å². The van der Waals surface area contributed by atoms with Crippen molar-refractivity contribution in [1.82, 2.24) is 10.6 Å². The highest BCUT2D eigenvalue weighted by Crippen LogP contribution is 2.23. The minimum atomic E-state index is -0.758. The van der Waals surface area contributed by atoms with Gasteiger partial charge in [0.25, 0.3) is 0 Å². The standard InChI is InChI=1S/C23H29N3O5/c1-22(2,3)30-20(27)25-19(26-21(28)31-23(4,5)6)24-16-12-14-18(15-13-16)29-17-10-8-7-9-11-17/h7-15H,1-6H3,(H2,24,25,26,27,28). The summed E-state index contributed by atoms with van der Waals surface area (Å²) in [6, 6.07) is 16.2. The number of nitrogens with zero attached hydrogens (tertiary/aromatic N) is 1. The lowest BCUT2D eigenvalue weighted by Crippen LogP contribution is -2.47. The van der Waals surface area contributed by atoms with Gasteiger partial charge in [-0.15, -0.1) is 0 Å². The quantitative estimate of drug-likeness (QED) is 0.497. The Labute approximate surface area is 182 Å². The van der Waals surface area contributed by atoms with E-state index >= 15 is 0 Å². The molecule has 2 aromatic carbocycles. The molecule has 166 valence electrons. The van der Waals surface area contributed by atoms with Gasteiger partial charge in [-0.25, -0.2) is 14.6 Å². The number of amides is 2. The summed E-state index contributed by atoms with van der Waals surface area (Å²) in [6.45, 7) is 10.4. The second-order valence-electron chi connectivity index (χ2n) is 8.62. The number of aliphatic imine (C=N–C) groups is 1. The minimum Gasteiger partial charge on any atom is -0.457 e. The molecule has 0 bridgehead atoms. The Morgan fingerprint density at radius 3 is 1.61 bits per heavy atom. The molecule has 0 aliphatic rings. The SMILES string of the molecule is CC(C)(C)OC(=O)NC(=Nc1ccc(Oc2ccccc2)cc1)NC(=O)OC(C)(C)C. The van der Waals surface area contributed by atoms with Crippen molar-refractivity contribution >= 4 is 23.8 Å². The molecule has 0 aliphatic heterocycles. The predicted molar refractivity (Wildman–Crippen MR) is 119 cm³/mol. The van der Waals surface area contributed by atoms with Gasteiger partial charge in [0.05, 0.1) is 5.69 Å². The molecule has 8 nitrogen and oxygen atoms in total. The fraction of sp³-hybridized carbons (Fsp3) is 0.348. The lowest BCUT2D eigenvalue weighted by molar-refractivity contribution is 0.0545. The lowest BCUT2D eigenvalue weighted by atomic mass is 10.2. The molecule has 0 saturated carbocycles. The molecule has 2 rings (SSSR count). The van der Waals surface area contributed by atoms with Gasteiger partial charge < -0.3 is 14.2 Å². The zero-order chi connectivity index (χ0) is 23.1. The number of nitrogens with one attached hydrogen (secondary N) is 2. The van der Waals surface area contributed by atoms with Crippen molar-refractivity contribution in [2.75, 3.05) is 0 Å². The first-order chi connectivity index (χ1) is 14.4. The molecule has 0 fully saturated rings. The minimum absolute atomic E-state index is 0.125. The van der Waals surface area contributed by atoms with E-state index in [0.717, 1.165) is 0 Å². The molecule has 0 aliphatic carbocycles. The number of carbonyl (C=O) groups is 2. The van der Waals surface area contributed by atoms with Gasteiger partial charge in [-0.3, -0.25) is 10.6 Å². The molecule has 0 heterocycles. The van der Waals surface area contributed by atoms with Crippen molar-refractivity contribution in [2.45, 2.75) is 52.7 Å². The zero-order valence-electron chi connectivity index (χ0n) is 18.7. The Hall–Kier alpha value is -3.55. The Morgan fingerprint density at radius 2 is 1.16 bits per heavy atom. The van der Waals surface area contributed by atoms with E-state index in [2.05, 4.69) is 15.6 Å². The van der Waals surface area contributed by atoms with Crippen LogP contribution in [-0.4, -0.2) is 29.3 Å². The van der Waals surface area contributed by atoms with E-state index in [1.807, 2.05) is 30.3 Å². The summed E-state index contributed by atoms with van der Waals surface area (Å²) in [5.41, 5.74) is -0.947. The maximum atomic E-state index is 12.2. The maximum absolute atomic E-state index is 12.2. The molecule has 8 heteroatoms. The highest BCUT2D eigenvalue weighted by molar-refractivity contribution is 6.02. The third-order valence-corrected chi connectivity index (χ3v) is 3.30. The number of benzene rings is 2. The van der Waals surface area contributed by atoms with Crippen LogP contribution in [0.2, 0.25) is 0 Å². The second-order valence-corrected chi connectivity index (χ2v) is 8.62. The largest absolute Gasteiger partial charge is 0.457 e. The van der Waals surface area contributed by atoms with Gasteiger partial charge in [-0.05, 0) is 77.9 Å². The number of alkyl carbamates (subject to hydrolysis) is 2. The van der Waals surface area contributed by atoms with E-state index in [0.29, 0.717) is 17.2 Å². The van der Waals surface area contributed by atoms with Crippen molar-refractivity contribution in [3.8, 4) is 11.5 Å². The lowest BCUT2D eigenvalue weighted by Gasteiger charge is -2.22. The van der Waals surface area contributed by atoms with Gasteiger partial charge in [0, 0.05) is 0 Å². The zero-order valence-corrected chi connectivity index (χ0v) is 18.7. The maximum Gasteiger partial charge on any atom is 0.414 e. The molecular weight excluding hydrogens is 398 g/mol. The third-order valence-electron chi connectivity index (χ3n) is 3.30. The fourth-order valence-corrected chi connectivity index (χ4v) is 2.23. The average molecular weight is 428 g/mol. The van der Waals surface area contributed by atoms with E-state index in [1.54, 1.807) is 65.8 Å². The van der Waals surface area contributed by atoms with Crippen LogP contribution < -0.4 is 15.4 Å². The highest BCUT2D eigenvalue weighted by Gasteiger charge is 2.21. The number of carbonyl (C=O) groups excluding carboxylic acids is 2. The predicted octanol–water partition coefficient (Wildman–Crippen LogP) is 5.52. The summed E-state index contributed by atoms with van der Waals surface area (Å²) in [6.07, 6.45) is -1.52. The van der Waals surface area contributed by atoms with Crippen LogP contribution in [0.1, 0.15) is 41.5 Å². The normalized spacial score (nSPS) is 11.2. The first kappa shape index (κ1) is 23.7. The molecule has 2 aromatic rings. The Balaban J connectivity index is 2.16. The van der Waals surface area contributed by atoms with Crippen LogP contribution in [0.25, 0.3) is 0 Å². The van der Waals surface area contributed by atoms with Gasteiger partial charge in [0.15, 0.2) is 0 Å². The number of hydrogen-bond acceptors (Lipinski definition) is 6. The van der Waals surface area contributed by atoms with Gasteiger partial charge in [-0.2, -0.15) is 0 Å². The van der Waals surface area contributed by atoms with Crippen LogP contribution in [0.15, 0.2) is 59.6 Å². The summed E-state index contributed by atoms with van der Waals surface area (Å²) in [4.78, 5) is 28.6. The van der Waals surface area contributed by atoms with E-state index < -0.39 is 23.4 Å². The van der Waals surface area contributed by atoms with Crippen LogP contribution in [0.3, 0.4) is 0 Å². The molecular formula is C23H29N3O5. The van der Waals surface area contributed by atoms with Crippen molar-refractivity contribution in [3.05, 3.63) is 54.6 Å². The molecule has 0 atom stereocenters. The summed E-state index contributed by atoms with van der Waals surface area (Å²) < 4.78 is 16.2. The van der Waals surface area contributed by atoms with E-state index in [4.69, 9.17) is 14.2 Å². The summed E-state index contributed by atoms with van der Waals surface area (Å²) >= 11 is 0. The number of ether oxygens (including phenoxy) is 3. The Bertz CT molecular complexity index is 879. The smallest absolute Gasteiger partial charge is 0.414 e. The number of para-hydroxylation sites is 1. The number of rotatable bonds is 3. The average Bonchev–Trinajstić information content (AvgIpc) is 2.61. The topological polar surface area (TPSA) is 98.3 Å². The molecule has 0 saturated heterocycles. The monoisotopic (exact) mass is 427 g/mol. The molecule has 31 heavy (non-hydrogen) atoms. The van der Waals surface area contributed by atoms with Crippen LogP contribution >= 0.6 is 0 Å². The fourth-order valence-electron chi connectivity index (χ4n) is 2.23. The van der Waals surface area contributed by atoms with Gasteiger partial charge in [0.2, 0.25) is 5.96 Å². The summed E-state index contributed by atoms with van der Waals surface area (Å²) in [5.74, 6) is 1.20. The molecule has 2 N–H and O–H groups in total. The van der Waals surface area contributed by atoms with Crippen molar-refractivity contribution < 1.29 is 23.8 Å². The van der Waals surface area contributed by atoms with Crippen LogP contribution in [0, 0.1) is 0 Å². The van der Waals surface area contributed by atoms with E-state index in [1.165, 1.54) is 0 Å². The van der Waals surface area contributed by atoms with Crippen LogP contribution in [-0.2, 0) is 9.47 Å². The van der Waals surface area contributed by atoms with Crippen LogP contribution in [0.4, 0.5) is 15.3 Å². The summed E-state index contributed by atoms with van der Waals surface area (Å²) in [7, 11) is 0. The van der Waals surface area contributed by atoms with Crippen molar-refractivity contribution in [3.63, 3.8) is 0 Å². The van der Waals surface area contributed by atoms with Gasteiger partial charge >= 0.3 is 12.2 Å². The van der Waals surface area contributed by atoms with E-state index in [9.17, 15) is 9.59 Å². The Kier molecular flexibility index (Phi) is 7.63. The number of guanidine groups is 1. The van der Waals surface area contributed by atoms with Crippen molar-refractivity contribution in [2.24, 2.45) is 4.99 Å². The highest BCUT2D eigenvalue weighted by atomic mass is 16.6. The molecule has 0 spiro atoms. The first-order valence-corrected chi connectivity index (χ1v) is 9.81.